The maximum Gasteiger partial charge on any atom is 0.341 e. The highest BCUT2D eigenvalue weighted by atomic mass is 16.8. The smallest absolute Gasteiger partial charge is 0.341 e. The molecule has 1 spiro atoms. The highest BCUT2D eigenvalue weighted by Crippen LogP contribution is 2.41. The zero-order valence-corrected chi connectivity index (χ0v) is 13.0. The van der Waals surface area contributed by atoms with Crippen LogP contribution in [0.4, 0.5) is 0 Å². The standard InChI is InChI=1S/C17H17NO6/c19-14-11-5-1-2-6-12(11)15(20)18(14)24-16(21)13-7-3-4-8-17(13)22-9-10-23-17/h1-2,5-6,13H,3-4,7-10H2. The third-order valence-corrected chi connectivity index (χ3v) is 4.80. The molecule has 3 aliphatic rings. The van der Waals surface area contributed by atoms with Crippen LogP contribution in [-0.2, 0) is 19.1 Å². The van der Waals surface area contributed by atoms with Gasteiger partial charge in [-0.1, -0.05) is 23.6 Å². The molecule has 2 fully saturated rings. The van der Waals surface area contributed by atoms with E-state index in [0.717, 1.165) is 12.8 Å². The predicted molar refractivity (Wildman–Crippen MR) is 79.6 cm³/mol. The Morgan fingerprint density at radius 1 is 1.08 bits per heavy atom. The van der Waals surface area contributed by atoms with Gasteiger partial charge in [-0.2, -0.15) is 0 Å². The summed E-state index contributed by atoms with van der Waals surface area (Å²) in [4.78, 5) is 42.4. The molecule has 2 aliphatic heterocycles. The number of rotatable bonds is 2. The van der Waals surface area contributed by atoms with Crippen LogP contribution in [0.15, 0.2) is 24.3 Å². The summed E-state index contributed by atoms with van der Waals surface area (Å²) >= 11 is 0. The van der Waals surface area contributed by atoms with Crippen molar-refractivity contribution < 1.29 is 28.7 Å². The zero-order chi connectivity index (χ0) is 16.7. The van der Waals surface area contributed by atoms with E-state index in [-0.39, 0.29) is 11.1 Å². The maximum atomic E-state index is 12.6. The number of benzene rings is 1. The topological polar surface area (TPSA) is 82.1 Å². The van der Waals surface area contributed by atoms with E-state index in [0.29, 0.717) is 31.1 Å². The molecule has 1 saturated carbocycles. The average Bonchev–Trinajstić information content (AvgIpc) is 3.15. The summed E-state index contributed by atoms with van der Waals surface area (Å²) in [7, 11) is 0. The molecule has 7 heteroatoms. The van der Waals surface area contributed by atoms with Gasteiger partial charge in [-0.05, 0) is 25.0 Å². The fourth-order valence-corrected chi connectivity index (χ4v) is 3.63. The van der Waals surface area contributed by atoms with Crippen LogP contribution >= 0.6 is 0 Å². The lowest BCUT2D eigenvalue weighted by Crippen LogP contribution is -2.48. The molecule has 2 heterocycles. The Kier molecular flexibility index (Phi) is 3.62. The molecule has 1 unspecified atom stereocenters. The van der Waals surface area contributed by atoms with Crippen LogP contribution in [-0.4, -0.2) is 41.8 Å². The molecular weight excluding hydrogens is 314 g/mol. The van der Waals surface area contributed by atoms with Crippen molar-refractivity contribution in [3.63, 3.8) is 0 Å². The molecule has 1 saturated heterocycles. The van der Waals surface area contributed by atoms with E-state index < -0.39 is 29.5 Å². The summed E-state index contributed by atoms with van der Waals surface area (Å²) in [6.07, 6.45) is 2.89. The van der Waals surface area contributed by atoms with Crippen LogP contribution in [0.2, 0.25) is 0 Å². The first kappa shape index (κ1) is 15.3. The first-order chi connectivity index (χ1) is 11.6. The summed E-state index contributed by atoms with van der Waals surface area (Å²) in [5, 5.41) is 0.546. The van der Waals surface area contributed by atoms with Crippen molar-refractivity contribution in [2.45, 2.75) is 31.5 Å². The molecule has 0 aromatic heterocycles. The van der Waals surface area contributed by atoms with Gasteiger partial charge in [0, 0.05) is 6.42 Å². The number of nitrogens with zero attached hydrogens (tertiary/aromatic N) is 1. The molecule has 0 N–H and O–H groups in total. The Morgan fingerprint density at radius 2 is 1.71 bits per heavy atom. The van der Waals surface area contributed by atoms with Crippen LogP contribution < -0.4 is 0 Å². The Balaban J connectivity index is 1.54. The molecule has 2 amide bonds. The average molecular weight is 331 g/mol. The van der Waals surface area contributed by atoms with Crippen LogP contribution in [0.25, 0.3) is 0 Å². The Labute approximate surface area is 138 Å². The number of carbonyl (C=O) groups excluding carboxylic acids is 3. The van der Waals surface area contributed by atoms with E-state index in [1.54, 1.807) is 12.1 Å². The molecule has 0 radical (unpaired) electrons. The molecule has 1 aromatic rings. The van der Waals surface area contributed by atoms with Crippen molar-refractivity contribution >= 4 is 17.8 Å². The molecule has 1 atom stereocenters. The van der Waals surface area contributed by atoms with Crippen molar-refractivity contribution in [3.8, 4) is 0 Å². The molecule has 126 valence electrons. The van der Waals surface area contributed by atoms with Gasteiger partial charge in [-0.15, -0.1) is 0 Å². The van der Waals surface area contributed by atoms with E-state index in [1.807, 2.05) is 0 Å². The zero-order valence-electron chi connectivity index (χ0n) is 13.0. The van der Waals surface area contributed by atoms with E-state index in [2.05, 4.69) is 0 Å². The minimum atomic E-state index is -0.978. The highest BCUT2D eigenvalue weighted by molar-refractivity contribution is 6.20. The van der Waals surface area contributed by atoms with Crippen molar-refractivity contribution in [1.29, 1.82) is 0 Å². The van der Waals surface area contributed by atoms with Crippen LogP contribution in [0.1, 0.15) is 46.4 Å². The number of imide groups is 1. The monoisotopic (exact) mass is 331 g/mol. The van der Waals surface area contributed by atoms with E-state index in [1.165, 1.54) is 12.1 Å². The van der Waals surface area contributed by atoms with Gasteiger partial charge in [0.2, 0.25) is 0 Å². The number of ether oxygens (including phenoxy) is 2. The lowest BCUT2D eigenvalue weighted by Gasteiger charge is -2.37. The summed E-state index contributed by atoms with van der Waals surface area (Å²) < 4.78 is 11.4. The molecule has 1 aliphatic carbocycles. The van der Waals surface area contributed by atoms with Crippen molar-refractivity contribution in [1.82, 2.24) is 5.06 Å². The van der Waals surface area contributed by atoms with Crippen molar-refractivity contribution in [3.05, 3.63) is 35.4 Å². The summed E-state index contributed by atoms with van der Waals surface area (Å²) in [6.45, 7) is 0.855. The minimum Gasteiger partial charge on any atom is -0.347 e. The number of amides is 2. The number of hydrogen-bond donors (Lipinski definition) is 0. The van der Waals surface area contributed by atoms with Gasteiger partial charge >= 0.3 is 5.97 Å². The molecule has 24 heavy (non-hydrogen) atoms. The van der Waals surface area contributed by atoms with Gasteiger partial charge in [0.1, 0.15) is 5.92 Å². The van der Waals surface area contributed by atoms with Gasteiger partial charge in [0.15, 0.2) is 5.79 Å². The minimum absolute atomic E-state index is 0.238. The third kappa shape index (κ3) is 2.23. The number of carbonyl (C=O) groups is 3. The Bertz CT molecular complexity index is 674. The third-order valence-electron chi connectivity index (χ3n) is 4.80. The Hall–Kier alpha value is -2.25. The van der Waals surface area contributed by atoms with Gasteiger partial charge in [-0.3, -0.25) is 9.59 Å². The second kappa shape index (κ2) is 5.68. The van der Waals surface area contributed by atoms with Crippen LogP contribution in [0, 0.1) is 5.92 Å². The lowest BCUT2D eigenvalue weighted by molar-refractivity contribution is -0.232. The van der Waals surface area contributed by atoms with Gasteiger partial charge in [-0.25, -0.2) is 4.79 Å². The number of hydrogen-bond acceptors (Lipinski definition) is 6. The lowest BCUT2D eigenvalue weighted by atomic mass is 9.83. The second-order valence-corrected chi connectivity index (χ2v) is 6.17. The van der Waals surface area contributed by atoms with E-state index in [4.69, 9.17) is 14.3 Å². The maximum absolute atomic E-state index is 12.6. The Morgan fingerprint density at radius 3 is 2.33 bits per heavy atom. The highest BCUT2D eigenvalue weighted by Gasteiger charge is 2.52. The fourth-order valence-electron chi connectivity index (χ4n) is 3.63. The predicted octanol–water partition coefficient (Wildman–Crippen LogP) is 1.67. The summed E-state index contributed by atoms with van der Waals surface area (Å²) in [6, 6.07) is 6.39. The van der Waals surface area contributed by atoms with Gasteiger partial charge < -0.3 is 14.3 Å². The summed E-state index contributed by atoms with van der Waals surface area (Å²) in [5.74, 6) is -3.53. The van der Waals surface area contributed by atoms with Gasteiger partial charge in [0.25, 0.3) is 11.8 Å². The summed E-state index contributed by atoms with van der Waals surface area (Å²) in [5.41, 5.74) is 0.476. The number of hydroxylamine groups is 2. The normalized spacial score (nSPS) is 25.2. The molecule has 4 rings (SSSR count). The van der Waals surface area contributed by atoms with Crippen LogP contribution in [0.5, 0.6) is 0 Å². The molecule has 0 bridgehead atoms. The molecule has 1 aromatic carbocycles. The van der Waals surface area contributed by atoms with Crippen LogP contribution in [0.3, 0.4) is 0 Å². The first-order valence-corrected chi connectivity index (χ1v) is 8.10. The molecule has 7 nitrogen and oxygen atoms in total. The second-order valence-electron chi connectivity index (χ2n) is 6.17. The van der Waals surface area contributed by atoms with Crippen molar-refractivity contribution in [2.24, 2.45) is 5.92 Å². The largest absolute Gasteiger partial charge is 0.347 e. The number of fused-ring (bicyclic) bond motifs is 1. The molecular formula is C17H17NO6. The first-order valence-electron chi connectivity index (χ1n) is 8.10. The van der Waals surface area contributed by atoms with E-state index in [9.17, 15) is 14.4 Å². The SMILES string of the molecule is O=C(ON1C(=O)c2ccccc2C1=O)C1CCCCC12OCCO2. The van der Waals surface area contributed by atoms with Crippen molar-refractivity contribution in [2.75, 3.05) is 13.2 Å². The quantitative estimate of drug-likeness (QED) is 0.767. The fraction of sp³-hybridized carbons (Fsp3) is 0.471. The van der Waals surface area contributed by atoms with E-state index >= 15 is 0 Å². The van der Waals surface area contributed by atoms with Gasteiger partial charge in [0.05, 0.1) is 24.3 Å².